The van der Waals surface area contributed by atoms with Crippen molar-refractivity contribution < 1.29 is 18.0 Å². The SMILES string of the molecule is CC(CC(F)(F)F)NC(=O)c1cscn1. The molecule has 0 aromatic carbocycles. The molecule has 1 N–H and O–H groups in total. The highest BCUT2D eigenvalue weighted by Crippen LogP contribution is 2.21. The van der Waals surface area contributed by atoms with Crippen LogP contribution in [0.3, 0.4) is 0 Å². The minimum Gasteiger partial charge on any atom is -0.348 e. The second-order valence-corrected chi connectivity index (χ2v) is 3.79. The Morgan fingerprint density at radius 1 is 1.67 bits per heavy atom. The molecule has 0 saturated carbocycles. The summed E-state index contributed by atoms with van der Waals surface area (Å²) in [6.45, 7) is 1.30. The summed E-state index contributed by atoms with van der Waals surface area (Å²) in [5.74, 6) is -0.576. The standard InChI is InChI=1S/C8H9F3N2OS/c1-5(2-8(9,10)11)13-7(14)6-3-15-4-12-6/h3-5H,2H2,1H3,(H,13,14). The first-order valence-electron chi connectivity index (χ1n) is 4.14. The van der Waals surface area contributed by atoms with Crippen LogP contribution in [0.2, 0.25) is 0 Å². The van der Waals surface area contributed by atoms with Gasteiger partial charge in [0.25, 0.3) is 5.91 Å². The highest BCUT2D eigenvalue weighted by atomic mass is 32.1. The largest absolute Gasteiger partial charge is 0.391 e. The van der Waals surface area contributed by atoms with E-state index in [0.717, 1.165) is 0 Å². The first-order valence-corrected chi connectivity index (χ1v) is 5.08. The third kappa shape index (κ3) is 4.28. The zero-order chi connectivity index (χ0) is 11.5. The van der Waals surface area contributed by atoms with Gasteiger partial charge in [-0.3, -0.25) is 4.79 Å². The van der Waals surface area contributed by atoms with Crippen LogP contribution >= 0.6 is 11.3 Å². The van der Waals surface area contributed by atoms with Crippen LogP contribution in [0.25, 0.3) is 0 Å². The van der Waals surface area contributed by atoms with Crippen molar-refractivity contribution in [3.8, 4) is 0 Å². The van der Waals surface area contributed by atoms with Crippen LogP contribution in [-0.4, -0.2) is 23.1 Å². The third-order valence-corrected chi connectivity index (χ3v) is 2.17. The molecule has 0 aliphatic heterocycles. The lowest BCUT2D eigenvalue weighted by Crippen LogP contribution is -2.36. The van der Waals surface area contributed by atoms with Gasteiger partial charge in [0.2, 0.25) is 0 Å². The number of carbonyl (C=O) groups is 1. The summed E-state index contributed by atoms with van der Waals surface area (Å²) in [7, 11) is 0. The molecule has 0 fully saturated rings. The zero-order valence-corrected chi connectivity index (χ0v) is 8.65. The minimum absolute atomic E-state index is 0.147. The average molecular weight is 238 g/mol. The molecule has 0 bridgehead atoms. The zero-order valence-electron chi connectivity index (χ0n) is 7.84. The Hall–Kier alpha value is -1.11. The van der Waals surface area contributed by atoms with Gasteiger partial charge >= 0.3 is 6.18 Å². The first-order chi connectivity index (χ1) is 6.88. The number of amides is 1. The minimum atomic E-state index is -4.27. The summed E-state index contributed by atoms with van der Waals surface area (Å²) in [5.41, 5.74) is 1.60. The summed E-state index contributed by atoms with van der Waals surface area (Å²) in [4.78, 5) is 15.0. The van der Waals surface area contributed by atoms with Crippen molar-refractivity contribution in [3.05, 3.63) is 16.6 Å². The first kappa shape index (κ1) is 12.0. The number of carbonyl (C=O) groups excluding carboxylic acids is 1. The van der Waals surface area contributed by atoms with Crippen LogP contribution in [0.1, 0.15) is 23.8 Å². The molecular formula is C8H9F3N2OS. The summed E-state index contributed by atoms with van der Waals surface area (Å²) in [6, 6.07) is -0.945. The summed E-state index contributed by atoms with van der Waals surface area (Å²) in [6.07, 6.45) is -5.31. The molecule has 1 amide bonds. The van der Waals surface area contributed by atoms with E-state index in [1.54, 1.807) is 0 Å². The third-order valence-electron chi connectivity index (χ3n) is 1.58. The van der Waals surface area contributed by atoms with Crippen molar-refractivity contribution in [2.24, 2.45) is 0 Å². The van der Waals surface area contributed by atoms with Gasteiger partial charge in [-0.2, -0.15) is 13.2 Å². The predicted octanol–water partition coefficient (Wildman–Crippen LogP) is 2.21. The normalized spacial score (nSPS) is 13.6. The van der Waals surface area contributed by atoms with Gasteiger partial charge in [0.15, 0.2) is 0 Å². The molecule has 84 valence electrons. The number of hydrogen-bond donors (Lipinski definition) is 1. The molecule has 0 spiro atoms. The van der Waals surface area contributed by atoms with Crippen molar-refractivity contribution in [2.75, 3.05) is 0 Å². The molecule has 1 aromatic rings. The fourth-order valence-corrected chi connectivity index (χ4v) is 1.55. The lowest BCUT2D eigenvalue weighted by molar-refractivity contribution is -0.138. The summed E-state index contributed by atoms with van der Waals surface area (Å²) in [5, 5.41) is 3.71. The Balaban J connectivity index is 2.45. The van der Waals surface area contributed by atoms with E-state index in [0.29, 0.717) is 0 Å². The van der Waals surface area contributed by atoms with Crippen molar-refractivity contribution in [1.82, 2.24) is 10.3 Å². The van der Waals surface area contributed by atoms with Crippen LogP contribution < -0.4 is 5.32 Å². The number of halogens is 3. The molecule has 1 rings (SSSR count). The topological polar surface area (TPSA) is 42.0 Å². The lowest BCUT2D eigenvalue weighted by Gasteiger charge is -2.14. The molecule has 7 heteroatoms. The Labute approximate surface area is 88.3 Å². The van der Waals surface area contributed by atoms with Crippen LogP contribution in [0.4, 0.5) is 13.2 Å². The molecule has 1 heterocycles. The van der Waals surface area contributed by atoms with E-state index in [2.05, 4.69) is 10.3 Å². The van der Waals surface area contributed by atoms with Gasteiger partial charge in [0.1, 0.15) is 5.69 Å². The molecule has 1 atom stereocenters. The molecule has 3 nitrogen and oxygen atoms in total. The Bertz CT molecular complexity index is 323. The van der Waals surface area contributed by atoms with Crippen molar-refractivity contribution in [1.29, 1.82) is 0 Å². The summed E-state index contributed by atoms with van der Waals surface area (Å²) < 4.78 is 35.8. The van der Waals surface area contributed by atoms with Gasteiger partial charge in [-0.05, 0) is 6.92 Å². The highest BCUT2D eigenvalue weighted by molar-refractivity contribution is 7.07. The Kier molecular flexibility index (Phi) is 3.67. The maximum atomic E-state index is 11.9. The monoisotopic (exact) mass is 238 g/mol. The van der Waals surface area contributed by atoms with E-state index >= 15 is 0 Å². The fraction of sp³-hybridized carbons (Fsp3) is 0.500. The van der Waals surface area contributed by atoms with Gasteiger partial charge in [-0.1, -0.05) is 0 Å². The van der Waals surface area contributed by atoms with Crippen LogP contribution in [0.5, 0.6) is 0 Å². The van der Waals surface area contributed by atoms with Crippen LogP contribution in [0, 0.1) is 0 Å². The lowest BCUT2D eigenvalue weighted by atomic mass is 10.2. The Morgan fingerprint density at radius 2 is 2.33 bits per heavy atom. The van der Waals surface area contributed by atoms with Gasteiger partial charge in [0.05, 0.1) is 11.9 Å². The quantitative estimate of drug-likeness (QED) is 0.877. The second kappa shape index (κ2) is 4.61. The van der Waals surface area contributed by atoms with E-state index in [9.17, 15) is 18.0 Å². The smallest absolute Gasteiger partial charge is 0.348 e. The second-order valence-electron chi connectivity index (χ2n) is 3.07. The number of nitrogens with one attached hydrogen (secondary N) is 1. The van der Waals surface area contributed by atoms with Gasteiger partial charge < -0.3 is 5.32 Å². The molecule has 15 heavy (non-hydrogen) atoms. The number of nitrogens with zero attached hydrogens (tertiary/aromatic N) is 1. The van der Waals surface area contributed by atoms with E-state index in [1.165, 1.54) is 29.2 Å². The number of rotatable bonds is 3. The Morgan fingerprint density at radius 3 is 2.80 bits per heavy atom. The maximum absolute atomic E-state index is 11.9. The number of aromatic nitrogens is 1. The van der Waals surface area contributed by atoms with Crippen molar-refractivity contribution in [2.45, 2.75) is 25.6 Å². The van der Waals surface area contributed by atoms with Crippen LogP contribution in [-0.2, 0) is 0 Å². The molecular weight excluding hydrogens is 229 g/mol. The molecule has 0 aliphatic carbocycles. The van der Waals surface area contributed by atoms with Gasteiger partial charge in [-0.25, -0.2) is 4.98 Å². The highest BCUT2D eigenvalue weighted by Gasteiger charge is 2.30. The van der Waals surface area contributed by atoms with Gasteiger partial charge in [0, 0.05) is 11.4 Å². The molecule has 1 aromatic heterocycles. The van der Waals surface area contributed by atoms with Crippen molar-refractivity contribution in [3.63, 3.8) is 0 Å². The number of thiazole rings is 1. The maximum Gasteiger partial charge on any atom is 0.391 e. The van der Waals surface area contributed by atoms with E-state index < -0.39 is 24.5 Å². The van der Waals surface area contributed by atoms with E-state index in [4.69, 9.17) is 0 Å². The molecule has 0 radical (unpaired) electrons. The van der Waals surface area contributed by atoms with Crippen LogP contribution in [0.15, 0.2) is 10.9 Å². The molecule has 0 saturated heterocycles. The van der Waals surface area contributed by atoms with E-state index in [1.807, 2.05) is 0 Å². The van der Waals surface area contributed by atoms with Gasteiger partial charge in [-0.15, -0.1) is 11.3 Å². The van der Waals surface area contributed by atoms with Crippen molar-refractivity contribution >= 4 is 17.2 Å². The fourth-order valence-electron chi connectivity index (χ4n) is 1.02. The van der Waals surface area contributed by atoms with E-state index in [-0.39, 0.29) is 5.69 Å². The predicted molar refractivity (Wildman–Crippen MR) is 49.7 cm³/mol. The number of alkyl halides is 3. The molecule has 0 aliphatic rings. The molecule has 1 unspecified atom stereocenters. The number of hydrogen-bond acceptors (Lipinski definition) is 3. The average Bonchev–Trinajstić information content (AvgIpc) is 2.50. The summed E-state index contributed by atoms with van der Waals surface area (Å²) >= 11 is 1.21.